The molecule has 1 aliphatic rings. The first-order valence-electron chi connectivity index (χ1n) is 7.27. The number of halogens is 1. The predicted molar refractivity (Wildman–Crippen MR) is 90.2 cm³/mol. The minimum atomic E-state index is 0.451. The lowest BCUT2D eigenvalue weighted by Crippen LogP contribution is -2.17. The summed E-state index contributed by atoms with van der Waals surface area (Å²) in [5.74, 6) is 3.86. The third kappa shape index (κ3) is 2.21. The number of hydrogen-bond donors (Lipinski definition) is 0. The molecule has 0 atom stereocenters. The minimum absolute atomic E-state index is 0.451. The summed E-state index contributed by atoms with van der Waals surface area (Å²) in [6, 6.07) is 8.80. The summed E-state index contributed by atoms with van der Waals surface area (Å²) in [4.78, 5) is 9.24. The van der Waals surface area contributed by atoms with Crippen LogP contribution in [0.1, 0.15) is 24.7 Å². The first-order chi connectivity index (χ1) is 10.4. The van der Waals surface area contributed by atoms with Gasteiger partial charge >= 0.3 is 0 Å². The molecule has 3 heterocycles. The molecule has 1 aliphatic heterocycles. The molecule has 0 unspecified atom stereocenters. The molecule has 0 spiro atoms. The molecular formula is C16H16ClN3S. The van der Waals surface area contributed by atoms with E-state index in [1.54, 1.807) is 0 Å². The number of para-hydroxylation sites is 1. The van der Waals surface area contributed by atoms with Gasteiger partial charge in [-0.3, -0.25) is 4.98 Å². The highest BCUT2D eigenvalue weighted by molar-refractivity contribution is 7.99. The van der Waals surface area contributed by atoms with Gasteiger partial charge in [0.15, 0.2) is 0 Å². The lowest BCUT2D eigenvalue weighted by atomic mass is 10.1. The molecule has 1 saturated heterocycles. The molecule has 1 aromatic carbocycles. The van der Waals surface area contributed by atoms with E-state index in [0.29, 0.717) is 11.9 Å². The summed E-state index contributed by atoms with van der Waals surface area (Å²) >= 11 is 8.20. The van der Waals surface area contributed by atoms with Gasteiger partial charge in [0.1, 0.15) is 11.3 Å². The average Bonchev–Trinajstić information content (AvgIpc) is 2.94. The number of hydrogen-bond acceptors (Lipinski definition) is 3. The van der Waals surface area contributed by atoms with Crippen LogP contribution in [0.3, 0.4) is 0 Å². The Kier molecular flexibility index (Phi) is 3.51. The zero-order valence-corrected chi connectivity index (χ0v) is 13.2. The highest BCUT2D eigenvalue weighted by atomic mass is 35.5. The Morgan fingerprint density at radius 1 is 1.19 bits per heavy atom. The van der Waals surface area contributed by atoms with Crippen molar-refractivity contribution < 1.29 is 0 Å². The zero-order chi connectivity index (χ0) is 14.2. The van der Waals surface area contributed by atoms with E-state index >= 15 is 0 Å². The van der Waals surface area contributed by atoms with Gasteiger partial charge in [0.25, 0.3) is 0 Å². The standard InChI is InChI=1S/C16H16ClN3S/c17-9-15-19-14-10-18-13-4-2-1-3-12(13)16(14)20(15)11-5-7-21-8-6-11/h1-4,10-11H,5-9H2. The molecule has 3 nitrogen and oxygen atoms in total. The summed E-state index contributed by atoms with van der Waals surface area (Å²) in [6.45, 7) is 0. The van der Waals surface area contributed by atoms with Crippen LogP contribution < -0.4 is 0 Å². The number of nitrogens with zero attached hydrogens (tertiary/aromatic N) is 3. The zero-order valence-electron chi connectivity index (χ0n) is 11.6. The Balaban J connectivity index is 2.03. The topological polar surface area (TPSA) is 30.7 Å². The van der Waals surface area contributed by atoms with Gasteiger partial charge in [-0.1, -0.05) is 18.2 Å². The lowest BCUT2D eigenvalue weighted by molar-refractivity contribution is 0.470. The van der Waals surface area contributed by atoms with Crippen LogP contribution in [-0.2, 0) is 5.88 Å². The molecule has 3 aromatic rings. The van der Waals surface area contributed by atoms with Gasteiger partial charge in [-0.15, -0.1) is 11.6 Å². The summed E-state index contributed by atoms with van der Waals surface area (Å²) in [6.07, 6.45) is 4.26. The van der Waals surface area contributed by atoms with E-state index in [4.69, 9.17) is 16.6 Å². The molecule has 2 aromatic heterocycles. The maximum Gasteiger partial charge on any atom is 0.125 e. The Bertz CT molecular complexity index is 793. The molecule has 108 valence electrons. The van der Waals surface area contributed by atoms with Gasteiger partial charge in [-0.2, -0.15) is 11.8 Å². The monoisotopic (exact) mass is 317 g/mol. The maximum absolute atomic E-state index is 6.17. The van der Waals surface area contributed by atoms with Crippen molar-refractivity contribution in [2.24, 2.45) is 0 Å². The van der Waals surface area contributed by atoms with Crippen LogP contribution in [0, 0.1) is 0 Å². The van der Waals surface area contributed by atoms with Crippen molar-refractivity contribution in [3.63, 3.8) is 0 Å². The maximum atomic E-state index is 6.17. The first kappa shape index (κ1) is 13.4. The predicted octanol–water partition coefficient (Wildman–Crippen LogP) is 4.39. The number of thioether (sulfide) groups is 1. The fraction of sp³-hybridized carbons (Fsp3) is 0.375. The molecule has 5 heteroatoms. The number of pyridine rings is 1. The summed E-state index contributed by atoms with van der Waals surface area (Å²) in [5, 5.41) is 1.18. The van der Waals surface area contributed by atoms with Crippen LogP contribution in [0.2, 0.25) is 0 Å². The van der Waals surface area contributed by atoms with Crippen LogP contribution in [-0.4, -0.2) is 26.0 Å². The molecule has 4 rings (SSSR count). The Hall–Kier alpha value is -1.26. The highest BCUT2D eigenvalue weighted by Crippen LogP contribution is 2.34. The average molecular weight is 318 g/mol. The van der Waals surface area contributed by atoms with Crippen molar-refractivity contribution in [1.82, 2.24) is 14.5 Å². The number of imidazole rings is 1. The Morgan fingerprint density at radius 3 is 2.81 bits per heavy atom. The minimum Gasteiger partial charge on any atom is -0.323 e. The van der Waals surface area contributed by atoms with Crippen molar-refractivity contribution in [3.05, 3.63) is 36.3 Å². The van der Waals surface area contributed by atoms with Gasteiger partial charge in [-0.05, 0) is 30.4 Å². The third-order valence-corrected chi connectivity index (χ3v) is 5.46. The molecular weight excluding hydrogens is 302 g/mol. The highest BCUT2D eigenvalue weighted by Gasteiger charge is 2.22. The van der Waals surface area contributed by atoms with Crippen LogP contribution >= 0.6 is 23.4 Å². The SMILES string of the molecule is ClCc1nc2cnc3ccccc3c2n1C1CCSCC1. The molecule has 0 radical (unpaired) electrons. The molecule has 0 aliphatic carbocycles. The largest absolute Gasteiger partial charge is 0.323 e. The van der Waals surface area contributed by atoms with E-state index in [9.17, 15) is 0 Å². The molecule has 0 N–H and O–H groups in total. The van der Waals surface area contributed by atoms with E-state index in [-0.39, 0.29) is 0 Å². The van der Waals surface area contributed by atoms with Crippen LogP contribution in [0.5, 0.6) is 0 Å². The lowest BCUT2D eigenvalue weighted by Gasteiger charge is -2.25. The number of rotatable bonds is 2. The second-order valence-corrected chi connectivity index (χ2v) is 6.88. The van der Waals surface area contributed by atoms with Gasteiger partial charge in [0.05, 0.1) is 23.1 Å². The van der Waals surface area contributed by atoms with Crippen LogP contribution in [0.4, 0.5) is 0 Å². The molecule has 0 saturated carbocycles. The fourth-order valence-electron chi connectivity index (χ4n) is 3.20. The van der Waals surface area contributed by atoms with Gasteiger partial charge < -0.3 is 4.57 Å². The summed E-state index contributed by atoms with van der Waals surface area (Å²) < 4.78 is 2.38. The van der Waals surface area contributed by atoms with Crippen molar-refractivity contribution in [2.75, 3.05) is 11.5 Å². The van der Waals surface area contributed by atoms with Crippen LogP contribution in [0.15, 0.2) is 30.5 Å². The Morgan fingerprint density at radius 2 is 2.00 bits per heavy atom. The smallest absolute Gasteiger partial charge is 0.125 e. The van der Waals surface area contributed by atoms with E-state index in [2.05, 4.69) is 27.8 Å². The third-order valence-electron chi connectivity index (χ3n) is 4.17. The van der Waals surface area contributed by atoms with Crippen molar-refractivity contribution in [3.8, 4) is 0 Å². The number of fused-ring (bicyclic) bond motifs is 3. The van der Waals surface area contributed by atoms with E-state index in [1.165, 1.54) is 35.3 Å². The molecule has 0 amide bonds. The second-order valence-electron chi connectivity index (χ2n) is 5.38. The van der Waals surface area contributed by atoms with E-state index < -0.39 is 0 Å². The number of alkyl halides is 1. The normalized spacial score (nSPS) is 16.8. The first-order valence-corrected chi connectivity index (χ1v) is 8.95. The summed E-state index contributed by atoms with van der Waals surface area (Å²) in [7, 11) is 0. The molecule has 0 bridgehead atoms. The van der Waals surface area contributed by atoms with Gasteiger partial charge in [0, 0.05) is 11.4 Å². The van der Waals surface area contributed by atoms with E-state index in [0.717, 1.165) is 16.9 Å². The van der Waals surface area contributed by atoms with Gasteiger partial charge in [-0.25, -0.2) is 4.98 Å². The number of benzene rings is 1. The molecule has 21 heavy (non-hydrogen) atoms. The Labute approximate surface area is 132 Å². The van der Waals surface area contributed by atoms with Crippen molar-refractivity contribution in [2.45, 2.75) is 24.8 Å². The van der Waals surface area contributed by atoms with Crippen LogP contribution in [0.25, 0.3) is 21.9 Å². The number of aromatic nitrogens is 3. The quantitative estimate of drug-likeness (QED) is 0.657. The van der Waals surface area contributed by atoms with Crippen molar-refractivity contribution >= 4 is 45.3 Å². The van der Waals surface area contributed by atoms with Gasteiger partial charge in [0.2, 0.25) is 0 Å². The van der Waals surface area contributed by atoms with Crippen molar-refractivity contribution in [1.29, 1.82) is 0 Å². The second kappa shape index (κ2) is 5.50. The fourth-order valence-corrected chi connectivity index (χ4v) is 4.47. The summed E-state index contributed by atoms with van der Waals surface area (Å²) in [5.41, 5.74) is 3.19. The molecule has 1 fully saturated rings. The van der Waals surface area contributed by atoms with E-state index in [1.807, 2.05) is 24.0 Å².